The van der Waals surface area contributed by atoms with Gasteiger partial charge < -0.3 is 9.47 Å². The third-order valence-electron chi connectivity index (χ3n) is 3.40. The van der Waals surface area contributed by atoms with Crippen molar-refractivity contribution in [1.82, 2.24) is 0 Å². The lowest BCUT2D eigenvalue weighted by Gasteiger charge is -2.04. The van der Waals surface area contributed by atoms with E-state index >= 15 is 0 Å². The summed E-state index contributed by atoms with van der Waals surface area (Å²) in [4.78, 5) is 9.85. The van der Waals surface area contributed by atoms with Crippen LogP contribution in [0, 0.1) is 0 Å². The van der Waals surface area contributed by atoms with Gasteiger partial charge in [0.25, 0.3) is 0 Å². The van der Waals surface area contributed by atoms with E-state index in [-0.39, 0.29) is 0 Å². The predicted molar refractivity (Wildman–Crippen MR) is 80.8 cm³/mol. The van der Waals surface area contributed by atoms with Crippen LogP contribution >= 0.6 is 0 Å². The fraction of sp³-hybridized carbons (Fsp3) is 1.00. The summed E-state index contributed by atoms with van der Waals surface area (Å²) in [5, 5.41) is 4.65. The van der Waals surface area contributed by atoms with Gasteiger partial charge in [-0.1, -0.05) is 56.9 Å². The van der Waals surface area contributed by atoms with Crippen molar-refractivity contribution in [3.63, 3.8) is 0 Å². The predicted octanol–water partition coefficient (Wildman–Crippen LogP) is 3.81. The van der Waals surface area contributed by atoms with Gasteiger partial charge in [0.05, 0.1) is 26.4 Å². The van der Waals surface area contributed by atoms with E-state index < -0.39 is 0 Å². The molecule has 0 amide bonds. The van der Waals surface area contributed by atoms with Crippen LogP contribution in [0.4, 0.5) is 0 Å². The molecule has 1 rings (SSSR count). The van der Waals surface area contributed by atoms with Crippen molar-refractivity contribution in [1.29, 1.82) is 0 Å². The number of ether oxygens (including phenoxy) is 2. The minimum absolute atomic E-state index is 0.331. The first kappa shape index (κ1) is 18.8. The Morgan fingerprint density at radius 3 is 2.10 bits per heavy atom. The van der Waals surface area contributed by atoms with Gasteiger partial charge in [-0.3, -0.25) is 0 Å². The van der Waals surface area contributed by atoms with Crippen LogP contribution in [0.25, 0.3) is 0 Å². The second kappa shape index (κ2) is 14.7. The molecule has 1 aliphatic rings. The van der Waals surface area contributed by atoms with Gasteiger partial charge in [0.15, 0.2) is 0 Å². The van der Waals surface area contributed by atoms with Crippen molar-refractivity contribution < 1.29 is 24.3 Å². The third-order valence-corrected chi connectivity index (χ3v) is 3.40. The molecule has 0 bridgehead atoms. The Labute approximate surface area is 129 Å². The van der Waals surface area contributed by atoms with Crippen LogP contribution in [0.15, 0.2) is 0 Å². The zero-order valence-electron chi connectivity index (χ0n) is 13.5. The Bertz CT molecular complexity index is 209. The molecule has 0 aromatic carbocycles. The van der Waals surface area contributed by atoms with E-state index in [1.807, 2.05) is 0 Å². The van der Waals surface area contributed by atoms with Gasteiger partial charge in [-0.2, -0.15) is 0 Å². The fourth-order valence-electron chi connectivity index (χ4n) is 2.00. The molecule has 1 aliphatic heterocycles. The maximum Gasteiger partial charge on any atom is 0.104 e. The second-order valence-electron chi connectivity index (χ2n) is 5.57. The molecular weight excluding hydrogens is 272 g/mol. The summed E-state index contributed by atoms with van der Waals surface area (Å²) in [6, 6.07) is 0. The topological polar surface area (TPSA) is 49.5 Å². The van der Waals surface area contributed by atoms with Crippen molar-refractivity contribution in [2.45, 2.75) is 70.8 Å². The summed E-state index contributed by atoms with van der Waals surface area (Å²) < 4.78 is 10.4. The molecule has 0 aromatic heterocycles. The zero-order valence-corrected chi connectivity index (χ0v) is 13.5. The first-order valence-corrected chi connectivity index (χ1v) is 8.54. The van der Waals surface area contributed by atoms with Crippen molar-refractivity contribution in [3.8, 4) is 0 Å². The normalized spacial score (nSPS) is 17.3. The van der Waals surface area contributed by atoms with E-state index in [0.29, 0.717) is 32.5 Å². The highest BCUT2D eigenvalue weighted by molar-refractivity contribution is 4.66. The minimum Gasteiger partial charge on any atom is -0.379 e. The fourth-order valence-corrected chi connectivity index (χ4v) is 2.00. The zero-order chi connectivity index (χ0) is 15.0. The average molecular weight is 304 g/mol. The molecule has 5 heteroatoms. The van der Waals surface area contributed by atoms with Crippen LogP contribution in [0.3, 0.4) is 0 Å². The van der Waals surface area contributed by atoms with Crippen LogP contribution in [0.1, 0.15) is 64.7 Å². The molecule has 126 valence electrons. The highest BCUT2D eigenvalue weighted by atomic mass is 17.5. The minimum atomic E-state index is 0.331. The van der Waals surface area contributed by atoms with Gasteiger partial charge >= 0.3 is 0 Å². The average Bonchev–Trinajstić information content (AvgIpc) is 3.31. The molecule has 0 aliphatic carbocycles. The number of hydrogen-bond acceptors (Lipinski definition) is 5. The van der Waals surface area contributed by atoms with E-state index in [9.17, 15) is 0 Å². The van der Waals surface area contributed by atoms with E-state index in [1.165, 1.54) is 44.9 Å². The summed E-state index contributed by atoms with van der Waals surface area (Å²) in [6.45, 7) is 5.53. The standard InChI is InChI=1S/C16H32O5/c1-2-3-4-5-6-7-8-9-12-19-21-20-13-10-11-17-14-16-15-18-16/h16H,2-15H2,1H3. The molecule has 0 spiro atoms. The largest absolute Gasteiger partial charge is 0.379 e. The van der Waals surface area contributed by atoms with Crippen molar-refractivity contribution in [2.75, 3.05) is 33.0 Å². The summed E-state index contributed by atoms with van der Waals surface area (Å²) in [6.07, 6.45) is 11.4. The number of unbranched alkanes of at least 4 members (excludes halogenated alkanes) is 7. The molecule has 21 heavy (non-hydrogen) atoms. The molecule has 5 nitrogen and oxygen atoms in total. The highest BCUT2D eigenvalue weighted by Gasteiger charge is 2.21. The number of epoxide rings is 1. The Kier molecular flexibility index (Phi) is 13.2. The van der Waals surface area contributed by atoms with E-state index in [1.54, 1.807) is 0 Å². The second-order valence-corrected chi connectivity index (χ2v) is 5.57. The van der Waals surface area contributed by atoms with Gasteiger partial charge in [-0.05, 0) is 12.8 Å². The molecule has 0 radical (unpaired) electrons. The first-order chi connectivity index (χ1) is 10.4. The van der Waals surface area contributed by atoms with Crippen LogP contribution in [-0.2, 0) is 24.3 Å². The molecule has 0 N–H and O–H groups in total. The Hall–Kier alpha value is -0.200. The highest BCUT2D eigenvalue weighted by Crippen LogP contribution is 2.09. The third kappa shape index (κ3) is 14.5. The van der Waals surface area contributed by atoms with Crippen LogP contribution in [0.5, 0.6) is 0 Å². The van der Waals surface area contributed by atoms with Gasteiger partial charge in [0.1, 0.15) is 6.10 Å². The molecule has 0 aromatic rings. The Balaban J connectivity index is 1.59. The van der Waals surface area contributed by atoms with Crippen molar-refractivity contribution in [3.05, 3.63) is 0 Å². The van der Waals surface area contributed by atoms with Gasteiger partial charge in [-0.25, -0.2) is 9.78 Å². The van der Waals surface area contributed by atoms with E-state index in [0.717, 1.165) is 19.4 Å². The summed E-state index contributed by atoms with van der Waals surface area (Å²) in [5.41, 5.74) is 0. The van der Waals surface area contributed by atoms with Crippen molar-refractivity contribution >= 4 is 0 Å². The van der Waals surface area contributed by atoms with Gasteiger partial charge in [0.2, 0.25) is 0 Å². The van der Waals surface area contributed by atoms with E-state index in [4.69, 9.17) is 19.2 Å². The lowest BCUT2D eigenvalue weighted by atomic mass is 10.1. The lowest BCUT2D eigenvalue weighted by Crippen LogP contribution is -2.06. The van der Waals surface area contributed by atoms with Crippen LogP contribution < -0.4 is 0 Å². The molecule has 1 atom stereocenters. The Morgan fingerprint density at radius 1 is 0.810 bits per heavy atom. The summed E-state index contributed by atoms with van der Waals surface area (Å²) in [5.74, 6) is 0. The Morgan fingerprint density at radius 2 is 1.43 bits per heavy atom. The molecule has 1 saturated heterocycles. The number of rotatable bonds is 17. The molecule has 1 unspecified atom stereocenters. The van der Waals surface area contributed by atoms with Crippen molar-refractivity contribution in [2.24, 2.45) is 0 Å². The van der Waals surface area contributed by atoms with Gasteiger partial charge in [-0.15, -0.1) is 0 Å². The molecule has 1 fully saturated rings. The SMILES string of the molecule is CCCCCCCCCCOOOCCCOCC1CO1. The first-order valence-electron chi connectivity index (χ1n) is 8.54. The number of hydrogen-bond donors (Lipinski definition) is 0. The maximum atomic E-state index is 5.36. The maximum absolute atomic E-state index is 5.36. The monoisotopic (exact) mass is 304 g/mol. The summed E-state index contributed by atoms with van der Waals surface area (Å²) in [7, 11) is 0. The smallest absolute Gasteiger partial charge is 0.104 e. The van der Waals surface area contributed by atoms with Crippen LogP contribution in [0.2, 0.25) is 0 Å². The molecular formula is C16H32O5. The van der Waals surface area contributed by atoms with E-state index in [2.05, 4.69) is 12.0 Å². The lowest BCUT2D eigenvalue weighted by molar-refractivity contribution is -0.512. The quantitative estimate of drug-likeness (QED) is 0.177. The molecule has 0 saturated carbocycles. The van der Waals surface area contributed by atoms with Gasteiger partial charge in [0, 0.05) is 6.61 Å². The summed E-state index contributed by atoms with van der Waals surface area (Å²) >= 11 is 0. The van der Waals surface area contributed by atoms with Crippen LogP contribution in [-0.4, -0.2) is 39.1 Å². The molecule has 1 heterocycles.